The van der Waals surface area contributed by atoms with Gasteiger partial charge in [-0.3, -0.25) is 37.7 Å². The SMILES string of the molecule is CO[C@@H]1[C@H](O)[C@@H](COP(=O)(O[C@H]2C[C@H](n3cnc4c(=O)[nH]c(N)nc43)O[C@@H]2CO)N2CCCC2)O[C@H]1n1ccc(=O)[nH]c1=O. The molecule has 44 heavy (non-hydrogen) atoms. The molecular weight excluding hydrogens is 607 g/mol. The minimum absolute atomic E-state index is 0.0469. The van der Waals surface area contributed by atoms with Crippen LogP contribution in [0.5, 0.6) is 0 Å². The molecule has 3 aliphatic heterocycles. The first kappa shape index (κ1) is 30.8. The molecule has 3 saturated heterocycles. The molecule has 0 amide bonds. The van der Waals surface area contributed by atoms with Crippen LogP contribution in [0.3, 0.4) is 0 Å². The number of nitrogens with two attached hydrogens (primary N) is 1. The van der Waals surface area contributed by atoms with Crippen LogP contribution in [0.15, 0.2) is 33.0 Å². The molecule has 3 aromatic heterocycles. The number of H-pyrrole nitrogens is 2. The lowest BCUT2D eigenvalue weighted by Gasteiger charge is -2.30. The van der Waals surface area contributed by atoms with Crippen molar-refractivity contribution in [3.05, 3.63) is 49.8 Å². The molecule has 6 rings (SSSR count). The Morgan fingerprint density at radius 1 is 1.16 bits per heavy atom. The van der Waals surface area contributed by atoms with Gasteiger partial charge in [0, 0.05) is 38.9 Å². The Morgan fingerprint density at radius 3 is 2.64 bits per heavy atom. The molecular formula is C24H33N8O11P. The number of aliphatic hydroxyl groups excluding tert-OH is 2. The summed E-state index contributed by atoms with van der Waals surface area (Å²) in [6.45, 7) is -0.0391. The fourth-order valence-corrected chi connectivity index (χ4v) is 7.75. The Hall–Kier alpha value is -3.26. The molecule has 240 valence electrons. The summed E-state index contributed by atoms with van der Waals surface area (Å²) in [5.41, 5.74) is 4.04. The highest BCUT2D eigenvalue weighted by molar-refractivity contribution is 7.51. The number of hydrogen-bond donors (Lipinski definition) is 5. The third-order valence-corrected chi connectivity index (χ3v) is 10.0. The number of rotatable bonds is 10. The third kappa shape index (κ3) is 5.66. The maximum absolute atomic E-state index is 14.4. The van der Waals surface area contributed by atoms with E-state index < -0.39 is 80.7 Å². The zero-order chi connectivity index (χ0) is 31.2. The molecule has 0 spiro atoms. The number of aromatic amines is 2. The molecule has 0 aromatic carbocycles. The van der Waals surface area contributed by atoms with Crippen molar-refractivity contribution >= 4 is 24.9 Å². The van der Waals surface area contributed by atoms with Crippen LogP contribution in [0, 0.1) is 0 Å². The van der Waals surface area contributed by atoms with Gasteiger partial charge >= 0.3 is 13.4 Å². The largest absolute Gasteiger partial charge is 0.408 e. The highest BCUT2D eigenvalue weighted by Gasteiger charge is 2.49. The fourth-order valence-electron chi connectivity index (χ4n) is 5.73. The molecule has 3 aromatic rings. The van der Waals surface area contributed by atoms with Crippen molar-refractivity contribution in [1.29, 1.82) is 0 Å². The Morgan fingerprint density at radius 2 is 1.93 bits per heavy atom. The van der Waals surface area contributed by atoms with Gasteiger partial charge in [-0.2, -0.15) is 4.98 Å². The molecule has 0 bridgehead atoms. The summed E-state index contributed by atoms with van der Waals surface area (Å²) in [5.74, 6) is -0.111. The van der Waals surface area contributed by atoms with Crippen LogP contribution in [0.25, 0.3) is 11.2 Å². The van der Waals surface area contributed by atoms with Crippen molar-refractivity contribution in [2.24, 2.45) is 0 Å². The number of aromatic nitrogens is 6. The van der Waals surface area contributed by atoms with Gasteiger partial charge in [-0.25, -0.2) is 19.0 Å². The van der Waals surface area contributed by atoms with Gasteiger partial charge in [0.1, 0.15) is 36.7 Å². The maximum Gasteiger partial charge on any atom is 0.408 e. The van der Waals surface area contributed by atoms with Crippen LogP contribution < -0.4 is 22.5 Å². The van der Waals surface area contributed by atoms with Crippen LogP contribution >= 0.6 is 7.75 Å². The molecule has 6 heterocycles. The number of nitrogens with one attached hydrogen (secondary N) is 2. The van der Waals surface area contributed by atoms with E-state index >= 15 is 0 Å². The van der Waals surface area contributed by atoms with E-state index in [-0.39, 0.29) is 23.5 Å². The predicted octanol–water partition coefficient (Wildman–Crippen LogP) is -1.59. The number of aliphatic hydroxyl groups is 2. The topological polar surface area (TPSA) is 251 Å². The Labute approximate surface area is 248 Å². The van der Waals surface area contributed by atoms with Gasteiger partial charge in [0.15, 0.2) is 17.4 Å². The van der Waals surface area contributed by atoms with Gasteiger partial charge in [-0.05, 0) is 12.8 Å². The highest BCUT2D eigenvalue weighted by atomic mass is 31.2. The predicted molar refractivity (Wildman–Crippen MR) is 149 cm³/mol. The summed E-state index contributed by atoms with van der Waals surface area (Å²) >= 11 is 0. The first-order chi connectivity index (χ1) is 21.1. The number of nitrogens with zero attached hydrogens (tertiary/aromatic N) is 5. The molecule has 6 N–H and O–H groups in total. The average Bonchev–Trinajstić information content (AvgIpc) is 3.78. The minimum atomic E-state index is -4.07. The van der Waals surface area contributed by atoms with Crippen molar-refractivity contribution in [3.63, 3.8) is 0 Å². The van der Waals surface area contributed by atoms with Gasteiger partial charge in [0.25, 0.3) is 11.1 Å². The van der Waals surface area contributed by atoms with E-state index in [4.69, 9.17) is 29.0 Å². The Kier molecular flexibility index (Phi) is 8.57. The van der Waals surface area contributed by atoms with Crippen LogP contribution in [0.1, 0.15) is 31.7 Å². The van der Waals surface area contributed by atoms with Crippen molar-refractivity contribution in [3.8, 4) is 0 Å². The van der Waals surface area contributed by atoms with Crippen LogP contribution in [0.4, 0.5) is 5.95 Å². The van der Waals surface area contributed by atoms with Crippen molar-refractivity contribution in [1.82, 2.24) is 33.7 Å². The monoisotopic (exact) mass is 640 g/mol. The normalized spacial score (nSPS) is 30.8. The van der Waals surface area contributed by atoms with E-state index in [9.17, 15) is 29.2 Å². The maximum atomic E-state index is 14.4. The molecule has 0 saturated carbocycles. The summed E-state index contributed by atoms with van der Waals surface area (Å²) in [7, 11) is -2.74. The standard InChI is InChI=1S/C24H33N8O11P/c1-39-19-18(35)14(42-22(19)31-7-4-15(34)27-24(31)37)10-40-44(38,30-5-2-3-6-30)43-12-8-16(41-13(12)9-33)32-11-26-17-20(32)28-23(25)29-21(17)36/h4,7,11-14,16,18-19,22,33,35H,2-3,5-6,8-10H2,1H3,(H,27,34,37)(H3,25,28,29,36)/t12-,13+,14+,16+,18+,19+,22+,44?/m0/s1. The quantitative estimate of drug-likeness (QED) is 0.157. The molecule has 0 aliphatic carbocycles. The first-order valence-electron chi connectivity index (χ1n) is 14.0. The lowest BCUT2D eigenvalue weighted by molar-refractivity contribution is -0.0646. The van der Waals surface area contributed by atoms with Gasteiger partial charge < -0.3 is 30.2 Å². The molecule has 0 radical (unpaired) electrons. The van der Waals surface area contributed by atoms with E-state index in [2.05, 4.69) is 19.9 Å². The molecule has 3 fully saturated rings. The van der Waals surface area contributed by atoms with Crippen molar-refractivity contribution < 1.29 is 38.0 Å². The van der Waals surface area contributed by atoms with Crippen molar-refractivity contribution in [2.75, 3.05) is 39.1 Å². The molecule has 19 nitrogen and oxygen atoms in total. The number of ether oxygens (including phenoxy) is 3. The van der Waals surface area contributed by atoms with Gasteiger partial charge in [0.05, 0.1) is 19.5 Å². The number of anilines is 1. The van der Waals surface area contributed by atoms with Crippen molar-refractivity contribution in [2.45, 2.75) is 62.2 Å². The van der Waals surface area contributed by atoms with Gasteiger partial charge in [0.2, 0.25) is 5.95 Å². The molecule has 1 unspecified atom stereocenters. The third-order valence-electron chi connectivity index (χ3n) is 7.93. The number of methoxy groups -OCH3 is 1. The fraction of sp³-hybridized carbons (Fsp3) is 0.625. The van der Waals surface area contributed by atoms with E-state index in [1.807, 2.05) is 0 Å². The lowest BCUT2D eigenvalue weighted by atomic mass is 10.1. The molecule has 3 aliphatic rings. The summed E-state index contributed by atoms with van der Waals surface area (Å²) in [5, 5.41) is 21.1. The minimum Gasteiger partial charge on any atom is -0.394 e. The summed E-state index contributed by atoms with van der Waals surface area (Å²) in [6, 6.07) is 1.13. The Balaban J connectivity index is 1.21. The van der Waals surface area contributed by atoms with E-state index in [0.29, 0.717) is 13.1 Å². The number of imidazole rings is 1. The zero-order valence-corrected chi connectivity index (χ0v) is 24.4. The second-order valence-corrected chi connectivity index (χ2v) is 12.6. The smallest absolute Gasteiger partial charge is 0.394 e. The second-order valence-electron chi connectivity index (χ2n) is 10.7. The van der Waals surface area contributed by atoms with E-state index in [1.165, 1.54) is 24.2 Å². The van der Waals surface area contributed by atoms with Crippen LogP contribution in [0.2, 0.25) is 0 Å². The molecule has 8 atom stereocenters. The summed E-state index contributed by atoms with van der Waals surface area (Å²) in [6.07, 6.45) is -2.95. The van der Waals surface area contributed by atoms with Gasteiger partial charge in [-0.15, -0.1) is 0 Å². The van der Waals surface area contributed by atoms with Gasteiger partial charge in [-0.1, -0.05) is 0 Å². The van der Waals surface area contributed by atoms with E-state index in [1.54, 1.807) is 4.67 Å². The Bertz CT molecular complexity index is 1720. The number of nitrogen functional groups attached to an aromatic ring is 1. The first-order valence-corrected chi connectivity index (χ1v) is 15.5. The van der Waals surface area contributed by atoms with Crippen LogP contribution in [-0.2, 0) is 27.8 Å². The highest BCUT2D eigenvalue weighted by Crippen LogP contribution is 2.57. The number of fused-ring (bicyclic) bond motifs is 1. The lowest BCUT2D eigenvalue weighted by Crippen LogP contribution is -2.39. The van der Waals surface area contributed by atoms with Crippen LogP contribution in [-0.4, -0.2) is 108 Å². The number of hydrogen-bond acceptors (Lipinski definition) is 14. The van der Waals surface area contributed by atoms with E-state index in [0.717, 1.165) is 23.5 Å². The zero-order valence-electron chi connectivity index (χ0n) is 23.6. The molecule has 20 heteroatoms. The average molecular weight is 641 g/mol. The summed E-state index contributed by atoms with van der Waals surface area (Å²) < 4.78 is 47.8. The summed E-state index contributed by atoms with van der Waals surface area (Å²) in [4.78, 5) is 48.9. The second kappa shape index (κ2) is 12.3.